The Morgan fingerprint density at radius 2 is 1.56 bits per heavy atom. The molecule has 0 unspecified atom stereocenters. The van der Waals surface area contributed by atoms with Gasteiger partial charge >= 0.3 is 6.16 Å². The normalized spacial score (nSPS) is 11.6. The SMILES string of the molecule is COC(=O)Oc1ccc(Cc2c(-c3ccccc3)cc3c(c2C)Cc2ccccc2-3)cc1. The minimum atomic E-state index is -0.710. The molecule has 0 aliphatic heterocycles. The minimum absolute atomic E-state index is 0.477. The molecule has 4 aromatic rings. The second-order valence-electron chi connectivity index (χ2n) is 8.13. The van der Waals surface area contributed by atoms with Crippen molar-refractivity contribution >= 4 is 6.16 Å². The predicted molar refractivity (Wildman–Crippen MR) is 127 cm³/mol. The van der Waals surface area contributed by atoms with E-state index >= 15 is 0 Å². The summed E-state index contributed by atoms with van der Waals surface area (Å²) in [5.41, 5.74) is 11.9. The van der Waals surface area contributed by atoms with Crippen molar-refractivity contribution in [2.45, 2.75) is 19.8 Å². The topological polar surface area (TPSA) is 35.5 Å². The molecule has 0 atom stereocenters. The van der Waals surface area contributed by atoms with Gasteiger partial charge in [-0.15, -0.1) is 0 Å². The van der Waals surface area contributed by atoms with Crippen molar-refractivity contribution in [2.75, 3.05) is 7.11 Å². The zero-order valence-corrected chi connectivity index (χ0v) is 18.2. The highest BCUT2D eigenvalue weighted by Gasteiger charge is 2.24. The number of carbonyl (C=O) groups excluding carboxylic acids is 1. The lowest BCUT2D eigenvalue weighted by Crippen LogP contribution is -2.07. The predicted octanol–water partition coefficient (Wildman–Crippen LogP) is 6.97. The fraction of sp³-hybridized carbons (Fsp3) is 0.138. The van der Waals surface area contributed by atoms with Crippen LogP contribution in [0.2, 0.25) is 0 Å². The quantitative estimate of drug-likeness (QED) is 0.233. The Bertz CT molecular complexity index is 1290. The number of fused-ring (bicyclic) bond motifs is 3. The molecule has 158 valence electrons. The summed E-state index contributed by atoms with van der Waals surface area (Å²) in [6, 6.07) is 29.3. The van der Waals surface area contributed by atoms with Gasteiger partial charge in [-0.3, -0.25) is 0 Å². The number of methoxy groups -OCH3 is 1. The van der Waals surface area contributed by atoms with Gasteiger partial charge in [0, 0.05) is 0 Å². The molecule has 3 heteroatoms. The van der Waals surface area contributed by atoms with Crippen LogP contribution in [0.15, 0.2) is 84.9 Å². The number of ether oxygens (including phenoxy) is 2. The van der Waals surface area contributed by atoms with Gasteiger partial charge < -0.3 is 9.47 Å². The van der Waals surface area contributed by atoms with Crippen molar-refractivity contribution in [1.82, 2.24) is 0 Å². The molecule has 0 saturated carbocycles. The molecule has 0 aromatic heterocycles. The molecule has 0 spiro atoms. The lowest BCUT2D eigenvalue weighted by molar-refractivity contribution is 0.121. The first-order chi connectivity index (χ1) is 15.6. The Balaban J connectivity index is 1.58. The van der Waals surface area contributed by atoms with Crippen LogP contribution in [0, 0.1) is 6.92 Å². The summed E-state index contributed by atoms with van der Waals surface area (Å²) in [7, 11) is 1.30. The van der Waals surface area contributed by atoms with Crippen LogP contribution in [0.5, 0.6) is 5.75 Å². The monoisotopic (exact) mass is 420 g/mol. The molecular weight excluding hydrogens is 396 g/mol. The van der Waals surface area contributed by atoms with Crippen molar-refractivity contribution in [2.24, 2.45) is 0 Å². The minimum Gasteiger partial charge on any atom is -0.437 e. The maximum atomic E-state index is 11.4. The van der Waals surface area contributed by atoms with Gasteiger partial charge in [-0.05, 0) is 88.0 Å². The van der Waals surface area contributed by atoms with Crippen LogP contribution in [-0.2, 0) is 17.6 Å². The van der Waals surface area contributed by atoms with Gasteiger partial charge in [0.2, 0.25) is 0 Å². The maximum absolute atomic E-state index is 11.4. The molecule has 0 bridgehead atoms. The third-order valence-corrected chi connectivity index (χ3v) is 6.28. The van der Waals surface area contributed by atoms with Gasteiger partial charge in [-0.1, -0.05) is 66.7 Å². The van der Waals surface area contributed by atoms with E-state index in [0.717, 1.165) is 18.4 Å². The van der Waals surface area contributed by atoms with E-state index in [9.17, 15) is 4.79 Å². The molecule has 1 aliphatic rings. The van der Waals surface area contributed by atoms with Gasteiger partial charge in [0.1, 0.15) is 5.75 Å². The van der Waals surface area contributed by atoms with E-state index in [1.807, 2.05) is 24.3 Å². The zero-order valence-electron chi connectivity index (χ0n) is 18.2. The number of rotatable bonds is 4. The standard InChI is InChI=1S/C29H24O3/c1-19-25(16-20-12-14-23(15-13-20)32-29(30)31-2)27(21-8-4-3-5-9-21)18-28-24-11-7-6-10-22(24)17-26(19)28/h3-15,18H,16-17H2,1-2H3. The zero-order chi connectivity index (χ0) is 22.1. The van der Waals surface area contributed by atoms with Gasteiger partial charge in [-0.25, -0.2) is 4.79 Å². The first kappa shape index (κ1) is 20.1. The highest BCUT2D eigenvalue weighted by molar-refractivity contribution is 5.85. The summed E-state index contributed by atoms with van der Waals surface area (Å²) in [4.78, 5) is 11.4. The Morgan fingerprint density at radius 1 is 0.844 bits per heavy atom. The summed E-state index contributed by atoms with van der Waals surface area (Å²) in [6.07, 6.45) is 1.07. The van der Waals surface area contributed by atoms with Crippen LogP contribution in [0.3, 0.4) is 0 Å². The molecule has 0 radical (unpaired) electrons. The lowest BCUT2D eigenvalue weighted by atomic mass is 9.86. The Labute approximate surface area is 188 Å². The van der Waals surface area contributed by atoms with Crippen LogP contribution in [0.1, 0.15) is 27.8 Å². The van der Waals surface area contributed by atoms with Crippen LogP contribution >= 0.6 is 0 Å². The number of carbonyl (C=O) groups is 1. The second kappa shape index (κ2) is 8.35. The molecule has 1 aliphatic carbocycles. The number of hydrogen-bond acceptors (Lipinski definition) is 3. The highest BCUT2D eigenvalue weighted by atomic mass is 16.7. The van der Waals surface area contributed by atoms with Crippen molar-refractivity contribution in [3.8, 4) is 28.0 Å². The first-order valence-electron chi connectivity index (χ1n) is 10.8. The van der Waals surface area contributed by atoms with E-state index in [2.05, 4.69) is 72.3 Å². The summed E-state index contributed by atoms with van der Waals surface area (Å²) in [5, 5.41) is 0. The molecule has 5 rings (SSSR count). The summed E-state index contributed by atoms with van der Waals surface area (Å²) < 4.78 is 9.69. The van der Waals surface area contributed by atoms with E-state index in [0.29, 0.717) is 5.75 Å². The first-order valence-corrected chi connectivity index (χ1v) is 10.8. The Morgan fingerprint density at radius 3 is 2.31 bits per heavy atom. The van der Waals surface area contributed by atoms with E-state index in [1.54, 1.807) is 0 Å². The van der Waals surface area contributed by atoms with Gasteiger partial charge in [-0.2, -0.15) is 0 Å². The lowest BCUT2D eigenvalue weighted by Gasteiger charge is -2.18. The van der Waals surface area contributed by atoms with Gasteiger partial charge in [0.25, 0.3) is 0 Å². The third kappa shape index (κ3) is 3.67. The third-order valence-electron chi connectivity index (χ3n) is 6.28. The van der Waals surface area contributed by atoms with Crippen LogP contribution < -0.4 is 4.74 Å². The molecule has 32 heavy (non-hydrogen) atoms. The van der Waals surface area contributed by atoms with Gasteiger partial charge in [0.05, 0.1) is 7.11 Å². The molecule has 0 amide bonds. The smallest absolute Gasteiger partial charge is 0.437 e. The number of hydrogen-bond donors (Lipinski definition) is 0. The van der Waals surface area contributed by atoms with Crippen molar-refractivity contribution < 1.29 is 14.3 Å². The van der Waals surface area contributed by atoms with Crippen LogP contribution in [-0.4, -0.2) is 13.3 Å². The van der Waals surface area contributed by atoms with Crippen molar-refractivity contribution in [3.63, 3.8) is 0 Å². The highest BCUT2D eigenvalue weighted by Crippen LogP contribution is 2.43. The average molecular weight is 421 g/mol. The fourth-order valence-corrected chi connectivity index (χ4v) is 4.62. The summed E-state index contributed by atoms with van der Waals surface area (Å²) in [6.45, 7) is 2.25. The maximum Gasteiger partial charge on any atom is 0.513 e. The average Bonchev–Trinajstić information content (AvgIpc) is 3.21. The molecule has 0 saturated heterocycles. The molecular formula is C29H24O3. The van der Waals surface area contributed by atoms with Crippen molar-refractivity contribution in [1.29, 1.82) is 0 Å². The van der Waals surface area contributed by atoms with E-state index in [4.69, 9.17) is 4.74 Å². The molecule has 0 N–H and O–H groups in total. The number of benzene rings is 4. The Kier molecular flexibility index (Phi) is 5.24. The van der Waals surface area contributed by atoms with Gasteiger partial charge in [0.15, 0.2) is 0 Å². The van der Waals surface area contributed by atoms with Crippen LogP contribution in [0.25, 0.3) is 22.3 Å². The molecule has 4 aromatic carbocycles. The van der Waals surface area contributed by atoms with E-state index in [-0.39, 0.29) is 0 Å². The molecule has 3 nitrogen and oxygen atoms in total. The molecule has 0 fully saturated rings. The fourth-order valence-electron chi connectivity index (χ4n) is 4.62. The largest absolute Gasteiger partial charge is 0.513 e. The van der Waals surface area contributed by atoms with E-state index < -0.39 is 6.16 Å². The van der Waals surface area contributed by atoms with E-state index in [1.165, 1.54) is 51.6 Å². The summed E-state index contributed by atoms with van der Waals surface area (Å²) >= 11 is 0. The molecule has 0 heterocycles. The summed E-state index contributed by atoms with van der Waals surface area (Å²) in [5.74, 6) is 0.477. The van der Waals surface area contributed by atoms with Crippen molar-refractivity contribution in [3.05, 3.63) is 113 Å². The Hall–Kier alpha value is -3.85. The second-order valence-corrected chi connectivity index (χ2v) is 8.13. The van der Waals surface area contributed by atoms with Crippen LogP contribution in [0.4, 0.5) is 4.79 Å².